The molecule has 4 N–H and O–H groups in total. The number of hydrogen-bond acceptors (Lipinski definition) is 8. The van der Waals surface area contributed by atoms with Gasteiger partial charge >= 0.3 is 6.09 Å². The first kappa shape index (κ1) is 28.9. The van der Waals surface area contributed by atoms with E-state index in [1.165, 1.54) is 30.3 Å². The smallest absolute Gasteiger partial charge is 0.393 e. The Morgan fingerprint density at radius 2 is 1.73 bits per heavy atom. The van der Waals surface area contributed by atoms with Crippen molar-refractivity contribution in [2.24, 2.45) is 0 Å². The summed E-state index contributed by atoms with van der Waals surface area (Å²) in [7, 11) is -2.01. The number of ether oxygens (including phenoxy) is 1. The molecule has 0 atom stereocenters. The van der Waals surface area contributed by atoms with Crippen molar-refractivity contribution in [3.8, 4) is 5.88 Å². The molecule has 0 unspecified atom stereocenters. The summed E-state index contributed by atoms with van der Waals surface area (Å²) in [6.07, 6.45) is 0.813. The van der Waals surface area contributed by atoms with Gasteiger partial charge in [-0.05, 0) is 67.7 Å². The lowest BCUT2D eigenvalue weighted by molar-refractivity contribution is 0.102. The van der Waals surface area contributed by atoms with Crippen LogP contribution in [0.25, 0.3) is 10.9 Å². The number of nitrogens with one attached hydrogen (secondary N) is 4. The minimum atomic E-state index is -4.06. The Morgan fingerprint density at radius 1 is 0.932 bits per heavy atom. The van der Waals surface area contributed by atoms with Crippen LogP contribution in [-0.4, -0.2) is 73.7 Å². The summed E-state index contributed by atoms with van der Waals surface area (Å²) >= 11 is 0. The zero-order valence-electron chi connectivity index (χ0n) is 23.5. The fourth-order valence-electron chi connectivity index (χ4n) is 4.91. The van der Waals surface area contributed by atoms with E-state index < -0.39 is 27.7 Å². The molecule has 226 valence electrons. The second-order valence-corrected chi connectivity index (χ2v) is 12.2. The largest absolute Gasteiger partial charge is 0.418 e. The number of likely N-dealkylation sites (N-methyl/N-ethyl adjacent to an activating group) is 1. The summed E-state index contributed by atoms with van der Waals surface area (Å²) in [5.74, 6) is -0.972. The highest BCUT2D eigenvalue weighted by atomic mass is 32.2. The third-order valence-electron chi connectivity index (χ3n) is 7.31. The SMILES string of the molecule is CN1CCN(c2ccc(C(=O)Nc3n[nH]c4ccc(S(=O)(=O)c5cccc(F)c5)cc34)c(NC(=O)Oc3ccc[nH]3)c2)CC1. The molecule has 5 aromatic rings. The summed E-state index contributed by atoms with van der Waals surface area (Å²) in [6, 6.07) is 17.3. The van der Waals surface area contributed by atoms with Gasteiger partial charge in [0.15, 0.2) is 5.82 Å². The molecule has 1 saturated heterocycles. The van der Waals surface area contributed by atoms with Crippen LogP contribution in [0.3, 0.4) is 0 Å². The number of piperazine rings is 1. The molecular weight excluding hydrogens is 589 g/mol. The average molecular weight is 618 g/mol. The van der Waals surface area contributed by atoms with Crippen molar-refractivity contribution in [2.75, 3.05) is 48.8 Å². The van der Waals surface area contributed by atoms with E-state index in [4.69, 9.17) is 4.74 Å². The first-order chi connectivity index (χ1) is 21.2. The van der Waals surface area contributed by atoms with Crippen LogP contribution >= 0.6 is 0 Å². The molecule has 3 heterocycles. The molecule has 0 aliphatic carbocycles. The van der Waals surface area contributed by atoms with Gasteiger partial charge in [-0.15, -0.1) is 0 Å². The third-order valence-corrected chi connectivity index (χ3v) is 9.06. The topological polar surface area (TPSA) is 153 Å². The molecule has 3 aromatic carbocycles. The Labute approximate surface area is 251 Å². The minimum absolute atomic E-state index is 0.0735. The third kappa shape index (κ3) is 5.98. The lowest BCUT2D eigenvalue weighted by Crippen LogP contribution is -2.44. The van der Waals surface area contributed by atoms with E-state index in [-0.39, 0.29) is 32.7 Å². The number of carbonyl (C=O) groups excluding carboxylic acids is 2. The Hall–Kier alpha value is -5.21. The molecule has 0 bridgehead atoms. The van der Waals surface area contributed by atoms with E-state index in [1.54, 1.807) is 36.5 Å². The number of halogens is 1. The second kappa shape index (κ2) is 11.8. The minimum Gasteiger partial charge on any atom is -0.393 e. The number of anilines is 3. The summed E-state index contributed by atoms with van der Waals surface area (Å²) in [5.41, 5.74) is 1.63. The van der Waals surface area contributed by atoms with E-state index in [9.17, 15) is 22.4 Å². The fourth-order valence-corrected chi connectivity index (χ4v) is 6.23. The first-order valence-corrected chi connectivity index (χ1v) is 15.2. The number of nitrogens with zero attached hydrogens (tertiary/aromatic N) is 3. The van der Waals surface area contributed by atoms with E-state index in [2.05, 4.69) is 35.6 Å². The first-order valence-electron chi connectivity index (χ1n) is 13.7. The molecule has 44 heavy (non-hydrogen) atoms. The molecule has 0 spiro atoms. The van der Waals surface area contributed by atoms with Crippen molar-refractivity contribution in [1.82, 2.24) is 20.1 Å². The van der Waals surface area contributed by atoms with Crippen molar-refractivity contribution in [1.29, 1.82) is 0 Å². The molecule has 6 rings (SSSR count). The fraction of sp³-hybridized carbons (Fsp3) is 0.167. The highest BCUT2D eigenvalue weighted by molar-refractivity contribution is 7.91. The van der Waals surface area contributed by atoms with Crippen molar-refractivity contribution in [3.63, 3.8) is 0 Å². The van der Waals surface area contributed by atoms with E-state index in [1.807, 2.05) is 7.05 Å². The molecule has 1 aliphatic heterocycles. The predicted molar refractivity (Wildman–Crippen MR) is 162 cm³/mol. The molecule has 2 aromatic heterocycles. The van der Waals surface area contributed by atoms with E-state index in [0.717, 1.165) is 44.0 Å². The summed E-state index contributed by atoms with van der Waals surface area (Å²) < 4.78 is 45.5. The molecule has 0 radical (unpaired) electrons. The second-order valence-electron chi connectivity index (χ2n) is 10.3. The van der Waals surface area contributed by atoms with Gasteiger partial charge in [0.25, 0.3) is 5.91 Å². The van der Waals surface area contributed by atoms with Gasteiger partial charge in [-0.1, -0.05) is 6.07 Å². The molecule has 1 aliphatic rings. The lowest BCUT2D eigenvalue weighted by atomic mass is 10.1. The molecule has 1 fully saturated rings. The Bertz CT molecular complexity index is 1950. The zero-order chi connectivity index (χ0) is 30.8. The number of rotatable bonds is 7. The summed E-state index contributed by atoms with van der Waals surface area (Å²) in [6.45, 7) is 3.27. The quantitative estimate of drug-likeness (QED) is 0.209. The van der Waals surface area contributed by atoms with Crippen LogP contribution < -0.4 is 20.3 Å². The van der Waals surface area contributed by atoms with Gasteiger partial charge in [-0.2, -0.15) is 5.10 Å². The Kier molecular flexibility index (Phi) is 7.76. The van der Waals surface area contributed by atoms with Gasteiger partial charge in [-0.3, -0.25) is 15.2 Å². The van der Waals surface area contributed by atoms with Crippen molar-refractivity contribution in [2.45, 2.75) is 9.79 Å². The molecule has 0 saturated carbocycles. The number of benzene rings is 3. The number of aromatic nitrogens is 3. The molecular formula is C30H28FN7O5S. The monoisotopic (exact) mass is 617 g/mol. The highest BCUT2D eigenvalue weighted by Crippen LogP contribution is 2.30. The number of sulfone groups is 1. The Morgan fingerprint density at radius 3 is 2.48 bits per heavy atom. The maximum atomic E-state index is 13.8. The van der Waals surface area contributed by atoms with Crippen molar-refractivity contribution < 1.29 is 27.1 Å². The maximum Gasteiger partial charge on any atom is 0.418 e. The lowest BCUT2D eigenvalue weighted by Gasteiger charge is -2.34. The van der Waals surface area contributed by atoms with Gasteiger partial charge in [0.2, 0.25) is 15.7 Å². The normalized spacial score (nSPS) is 14.0. The van der Waals surface area contributed by atoms with Gasteiger partial charge < -0.3 is 24.8 Å². The van der Waals surface area contributed by atoms with Crippen LogP contribution in [0.2, 0.25) is 0 Å². The van der Waals surface area contributed by atoms with Gasteiger partial charge in [-0.25, -0.2) is 17.6 Å². The summed E-state index contributed by atoms with van der Waals surface area (Å²) in [4.78, 5) is 33.2. The Balaban J connectivity index is 1.30. The van der Waals surface area contributed by atoms with Crippen LogP contribution in [0.1, 0.15) is 10.4 Å². The van der Waals surface area contributed by atoms with Crippen LogP contribution in [0.15, 0.2) is 88.8 Å². The highest BCUT2D eigenvalue weighted by Gasteiger charge is 2.23. The van der Waals surface area contributed by atoms with Gasteiger partial charge in [0, 0.05) is 49.5 Å². The summed E-state index contributed by atoms with van der Waals surface area (Å²) in [5, 5.41) is 12.7. The van der Waals surface area contributed by atoms with E-state index >= 15 is 0 Å². The maximum absolute atomic E-state index is 13.8. The van der Waals surface area contributed by atoms with Crippen LogP contribution in [-0.2, 0) is 9.84 Å². The van der Waals surface area contributed by atoms with Crippen LogP contribution in [0.4, 0.5) is 26.4 Å². The number of fused-ring (bicyclic) bond motifs is 1. The molecule has 12 nitrogen and oxygen atoms in total. The van der Waals surface area contributed by atoms with E-state index in [0.29, 0.717) is 10.9 Å². The van der Waals surface area contributed by atoms with Gasteiger partial charge in [0.1, 0.15) is 5.82 Å². The standard InChI is InChI=1S/C30H28FN7O5S/c1-37-12-14-38(15-13-37)20-7-9-23(26(17-20)33-30(40)43-27-6-3-11-32-27)29(39)34-28-24-18-22(8-10-25(24)35-36-28)44(41,42)21-5-2-4-19(31)16-21/h2-11,16-18,32H,12-15H2,1H3,(H,33,40)(H2,34,35,36,39). The number of aromatic amines is 2. The zero-order valence-corrected chi connectivity index (χ0v) is 24.3. The van der Waals surface area contributed by atoms with Crippen molar-refractivity contribution in [3.05, 3.63) is 90.4 Å². The van der Waals surface area contributed by atoms with Crippen molar-refractivity contribution >= 4 is 49.9 Å². The molecule has 14 heteroatoms. The number of H-pyrrole nitrogens is 2. The number of hydrogen-bond donors (Lipinski definition) is 4. The number of amides is 2. The van der Waals surface area contributed by atoms with Crippen LogP contribution in [0.5, 0.6) is 5.88 Å². The van der Waals surface area contributed by atoms with Gasteiger partial charge in [0.05, 0.1) is 26.6 Å². The predicted octanol–water partition coefficient (Wildman–Crippen LogP) is 4.48. The van der Waals surface area contributed by atoms with Crippen LogP contribution in [0, 0.1) is 5.82 Å². The average Bonchev–Trinajstić information content (AvgIpc) is 3.67. The molecule has 2 amide bonds. The number of carbonyl (C=O) groups is 2.